The Morgan fingerprint density at radius 2 is 2.32 bits per heavy atom. The maximum Gasteiger partial charge on any atom is 0.253 e. The summed E-state index contributed by atoms with van der Waals surface area (Å²) in [5.41, 5.74) is 6.05. The van der Waals surface area contributed by atoms with Crippen LogP contribution in [0, 0.1) is 6.92 Å². The zero-order valence-electron chi connectivity index (χ0n) is 11.6. The zero-order valence-corrected chi connectivity index (χ0v) is 11.6. The van der Waals surface area contributed by atoms with Gasteiger partial charge in [0.15, 0.2) is 0 Å². The van der Waals surface area contributed by atoms with Gasteiger partial charge in [-0.15, -0.1) is 0 Å². The summed E-state index contributed by atoms with van der Waals surface area (Å²) < 4.78 is 4.90. The lowest BCUT2D eigenvalue weighted by Crippen LogP contribution is -2.41. The van der Waals surface area contributed by atoms with E-state index in [1.54, 1.807) is 27.0 Å². The van der Waals surface area contributed by atoms with E-state index in [0.29, 0.717) is 30.0 Å². The van der Waals surface area contributed by atoms with Crippen molar-refractivity contribution in [3.8, 4) is 0 Å². The fourth-order valence-corrected chi connectivity index (χ4v) is 1.56. The number of ether oxygens (including phenoxy) is 1. The van der Waals surface area contributed by atoms with Crippen molar-refractivity contribution in [3.63, 3.8) is 0 Å². The van der Waals surface area contributed by atoms with Crippen LogP contribution in [-0.2, 0) is 4.74 Å². The second-order valence-corrected chi connectivity index (χ2v) is 4.82. The number of nitrogens with zero attached hydrogens (tertiary/aromatic N) is 1. The lowest BCUT2D eigenvalue weighted by molar-refractivity contribution is 0.0243. The maximum absolute atomic E-state index is 12.0. The summed E-state index contributed by atoms with van der Waals surface area (Å²) in [6.07, 6.45) is 1.94. The van der Waals surface area contributed by atoms with Crippen molar-refractivity contribution < 1.29 is 14.6 Å². The zero-order chi connectivity index (χ0) is 14.5. The van der Waals surface area contributed by atoms with E-state index < -0.39 is 5.60 Å². The molecule has 0 aliphatic carbocycles. The molecule has 1 heterocycles. The van der Waals surface area contributed by atoms with Crippen LogP contribution < -0.4 is 11.1 Å². The molecule has 6 nitrogen and oxygen atoms in total. The summed E-state index contributed by atoms with van der Waals surface area (Å²) >= 11 is 0. The van der Waals surface area contributed by atoms with E-state index in [9.17, 15) is 9.90 Å². The number of anilines is 1. The molecule has 0 aliphatic rings. The number of nitrogens with one attached hydrogen (secondary N) is 1. The van der Waals surface area contributed by atoms with Crippen LogP contribution in [0.4, 0.5) is 5.69 Å². The van der Waals surface area contributed by atoms with Crippen LogP contribution in [0.15, 0.2) is 12.3 Å². The Balaban J connectivity index is 2.62. The molecule has 1 unspecified atom stereocenters. The van der Waals surface area contributed by atoms with Crippen molar-refractivity contribution in [1.29, 1.82) is 0 Å². The minimum atomic E-state index is -1.01. The highest BCUT2D eigenvalue weighted by atomic mass is 16.5. The molecule has 1 aromatic rings. The molecule has 6 heteroatoms. The molecule has 1 atom stereocenters. The Kier molecular flexibility index (Phi) is 5.26. The number of aryl methyl sites for hydroxylation is 1. The van der Waals surface area contributed by atoms with Crippen LogP contribution >= 0.6 is 0 Å². The molecule has 1 aromatic heterocycles. The Bertz CT molecular complexity index is 447. The number of methoxy groups -OCH3 is 1. The van der Waals surface area contributed by atoms with Crippen LogP contribution in [0.1, 0.15) is 29.4 Å². The number of aromatic nitrogens is 1. The van der Waals surface area contributed by atoms with Crippen molar-refractivity contribution >= 4 is 11.6 Å². The van der Waals surface area contributed by atoms with E-state index in [4.69, 9.17) is 10.5 Å². The summed E-state index contributed by atoms with van der Waals surface area (Å²) in [4.78, 5) is 16.0. The average molecular weight is 267 g/mol. The lowest BCUT2D eigenvalue weighted by atomic mass is 10.0. The molecule has 0 spiro atoms. The van der Waals surface area contributed by atoms with Crippen LogP contribution in [0.2, 0.25) is 0 Å². The van der Waals surface area contributed by atoms with E-state index in [2.05, 4.69) is 10.3 Å². The molecule has 0 aliphatic heterocycles. The van der Waals surface area contributed by atoms with Gasteiger partial charge < -0.3 is 20.9 Å². The van der Waals surface area contributed by atoms with E-state index in [1.807, 2.05) is 0 Å². The second-order valence-electron chi connectivity index (χ2n) is 4.82. The number of carbonyl (C=O) groups is 1. The van der Waals surface area contributed by atoms with Crippen molar-refractivity contribution in [1.82, 2.24) is 10.3 Å². The lowest BCUT2D eigenvalue weighted by Gasteiger charge is -2.23. The molecule has 1 amide bonds. The van der Waals surface area contributed by atoms with Crippen LogP contribution in [0.5, 0.6) is 0 Å². The predicted molar refractivity (Wildman–Crippen MR) is 72.8 cm³/mol. The molecular formula is C13H21N3O3. The summed E-state index contributed by atoms with van der Waals surface area (Å²) in [6, 6.07) is 1.57. The summed E-state index contributed by atoms with van der Waals surface area (Å²) in [6.45, 7) is 3.96. The smallest absolute Gasteiger partial charge is 0.253 e. The third kappa shape index (κ3) is 4.84. The molecule has 0 saturated heterocycles. The number of amides is 1. The molecule has 0 bridgehead atoms. The first-order chi connectivity index (χ1) is 8.85. The largest absolute Gasteiger partial charge is 0.397 e. The number of carbonyl (C=O) groups excluding carboxylic acids is 1. The number of hydrogen-bond acceptors (Lipinski definition) is 5. The SMILES string of the molecule is COCCC(C)(O)CNC(=O)c1cc(N)cnc1C. The summed E-state index contributed by atoms with van der Waals surface area (Å²) in [5.74, 6) is -0.296. The molecule has 0 radical (unpaired) electrons. The number of hydrogen-bond donors (Lipinski definition) is 3. The van der Waals surface area contributed by atoms with Crippen molar-refractivity contribution in [2.24, 2.45) is 0 Å². The van der Waals surface area contributed by atoms with Crippen LogP contribution in [-0.4, -0.2) is 41.9 Å². The van der Waals surface area contributed by atoms with Gasteiger partial charge in [0.1, 0.15) is 0 Å². The van der Waals surface area contributed by atoms with Gasteiger partial charge in [-0.2, -0.15) is 0 Å². The van der Waals surface area contributed by atoms with Crippen LogP contribution in [0.3, 0.4) is 0 Å². The monoisotopic (exact) mass is 267 g/mol. The minimum absolute atomic E-state index is 0.142. The van der Waals surface area contributed by atoms with Gasteiger partial charge in [0.2, 0.25) is 0 Å². The van der Waals surface area contributed by atoms with Crippen molar-refractivity contribution in [2.45, 2.75) is 25.9 Å². The van der Waals surface area contributed by atoms with Crippen LogP contribution in [0.25, 0.3) is 0 Å². The number of rotatable bonds is 6. The quantitative estimate of drug-likeness (QED) is 0.697. The molecule has 1 rings (SSSR count). The van der Waals surface area contributed by atoms with Gasteiger partial charge >= 0.3 is 0 Å². The van der Waals surface area contributed by atoms with Gasteiger partial charge in [-0.3, -0.25) is 9.78 Å². The fraction of sp³-hybridized carbons (Fsp3) is 0.538. The van der Waals surface area contributed by atoms with Gasteiger partial charge in [0.05, 0.1) is 28.7 Å². The van der Waals surface area contributed by atoms with E-state index >= 15 is 0 Å². The first-order valence-electron chi connectivity index (χ1n) is 6.07. The third-order valence-corrected chi connectivity index (χ3v) is 2.83. The molecular weight excluding hydrogens is 246 g/mol. The molecule has 106 valence electrons. The van der Waals surface area contributed by atoms with E-state index in [0.717, 1.165) is 0 Å². The Labute approximate surface area is 113 Å². The van der Waals surface area contributed by atoms with E-state index in [1.165, 1.54) is 6.20 Å². The average Bonchev–Trinajstić information content (AvgIpc) is 2.36. The van der Waals surface area contributed by atoms with Crippen molar-refractivity contribution in [3.05, 3.63) is 23.5 Å². The highest BCUT2D eigenvalue weighted by Gasteiger charge is 2.21. The Morgan fingerprint density at radius 3 is 2.95 bits per heavy atom. The number of nitrogen functional groups attached to an aromatic ring is 1. The third-order valence-electron chi connectivity index (χ3n) is 2.83. The molecule has 0 fully saturated rings. The van der Waals surface area contributed by atoms with Gasteiger partial charge in [0.25, 0.3) is 5.91 Å². The van der Waals surface area contributed by atoms with E-state index in [-0.39, 0.29) is 12.5 Å². The van der Waals surface area contributed by atoms with Gasteiger partial charge in [-0.25, -0.2) is 0 Å². The van der Waals surface area contributed by atoms with Crippen molar-refractivity contribution in [2.75, 3.05) is 26.0 Å². The Hall–Kier alpha value is -1.66. The first-order valence-corrected chi connectivity index (χ1v) is 6.07. The van der Waals surface area contributed by atoms with Gasteiger partial charge in [-0.05, 0) is 19.9 Å². The molecule has 0 aromatic carbocycles. The molecule has 4 N–H and O–H groups in total. The highest BCUT2D eigenvalue weighted by Crippen LogP contribution is 2.11. The summed E-state index contributed by atoms with van der Waals surface area (Å²) in [5, 5.41) is 12.7. The fourth-order valence-electron chi connectivity index (χ4n) is 1.56. The summed E-state index contributed by atoms with van der Waals surface area (Å²) in [7, 11) is 1.57. The van der Waals surface area contributed by atoms with Gasteiger partial charge in [0, 0.05) is 26.7 Å². The topological polar surface area (TPSA) is 97.5 Å². The minimum Gasteiger partial charge on any atom is -0.397 e. The number of aliphatic hydroxyl groups is 1. The molecule has 0 saturated carbocycles. The number of nitrogens with two attached hydrogens (primary N) is 1. The Morgan fingerprint density at radius 1 is 1.63 bits per heavy atom. The number of pyridine rings is 1. The van der Waals surface area contributed by atoms with Gasteiger partial charge in [-0.1, -0.05) is 0 Å². The normalized spacial score (nSPS) is 13.9. The second kappa shape index (κ2) is 6.49. The first kappa shape index (κ1) is 15.4. The predicted octanol–water partition coefficient (Wildman–Crippen LogP) is 0.490. The highest BCUT2D eigenvalue weighted by molar-refractivity contribution is 5.95. The maximum atomic E-state index is 12.0. The standard InChI is InChI=1S/C13H21N3O3/c1-9-11(6-10(14)7-15-9)12(17)16-8-13(2,18)4-5-19-3/h6-7,18H,4-5,8,14H2,1-3H3,(H,16,17). The molecule has 19 heavy (non-hydrogen) atoms.